The van der Waals surface area contributed by atoms with Gasteiger partial charge in [0.2, 0.25) is 5.91 Å². The average molecular weight is 224 g/mol. The fourth-order valence-electron chi connectivity index (χ4n) is 0.676. The summed E-state index contributed by atoms with van der Waals surface area (Å²) in [5.74, 6) is -1.48. The number of carbonyl (C=O) groups is 2. The van der Waals surface area contributed by atoms with Crippen LogP contribution < -0.4 is 9.44 Å². The largest absolute Gasteiger partial charge is 0.468 e. The van der Waals surface area contributed by atoms with Gasteiger partial charge in [-0.1, -0.05) is 0 Å². The van der Waals surface area contributed by atoms with Gasteiger partial charge in [-0.05, 0) is 6.92 Å². The second-order valence-electron chi connectivity index (χ2n) is 2.52. The van der Waals surface area contributed by atoms with E-state index in [0.29, 0.717) is 0 Å². The third kappa shape index (κ3) is 4.77. The predicted molar refractivity (Wildman–Crippen MR) is 47.4 cm³/mol. The van der Waals surface area contributed by atoms with Crippen molar-refractivity contribution in [2.75, 3.05) is 7.11 Å². The van der Waals surface area contributed by atoms with E-state index in [0.717, 1.165) is 14.0 Å². The van der Waals surface area contributed by atoms with Gasteiger partial charge in [0.1, 0.15) is 6.04 Å². The Balaban J connectivity index is 4.37. The highest BCUT2D eigenvalue weighted by Crippen LogP contribution is 1.88. The number of amides is 1. The van der Waals surface area contributed by atoms with Crippen molar-refractivity contribution in [1.29, 1.82) is 0 Å². The summed E-state index contributed by atoms with van der Waals surface area (Å²) < 4.78 is 29.9. The normalized spacial score (nSPS) is 13.1. The molecule has 0 spiro atoms. The first kappa shape index (κ1) is 12.8. The van der Waals surface area contributed by atoms with E-state index in [-0.39, 0.29) is 0 Å². The van der Waals surface area contributed by atoms with Crippen LogP contribution in [0.15, 0.2) is 0 Å². The van der Waals surface area contributed by atoms with E-state index in [1.807, 2.05) is 4.72 Å². The van der Waals surface area contributed by atoms with Gasteiger partial charge in [-0.2, -0.15) is 13.1 Å². The number of rotatable bonds is 4. The van der Waals surface area contributed by atoms with Gasteiger partial charge in [-0.25, -0.2) is 4.72 Å². The first-order chi connectivity index (χ1) is 6.28. The van der Waals surface area contributed by atoms with Crippen LogP contribution in [0.1, 0.15) is 13.8 Å². The molecule has 1 unspecified atom stereocenters. The van der Waals surface area contributed by atoms with E-state index in [2.05, 4.69) is 4.74 Å². The first-order valence-electron chi connectivity index (χ1n) is 3.67. The highest BCUT2D eigenvalue weighted by Gasteiger charge is 2.20. The van der Waals surface area contributed by atoms with Crippen molar-refractivity contribution in [2.45, 2.75) is 19.9 Å². The topological polar surface area (TPSA) is 102 Å². The van der Waals surface area contributed by atoms with Crippen LogP contribution in [0, 0.1) is 0 Å². The first-order valence-corrected chi connectivity index (χ1v) is 5.15. The standard InChI is InChI=1S/C6H12N2O5S/c1-4(6(10)13-3)7-14(11,12)8-5(2)9/h4,7H,1-3H3,(H,8,9). The van der Waals surface area contributed by atoms with Crippen molar-refractivity contribution >= 4 is 22.1 Å². The van der Waals surface area contributed by atoms with E-state index >= 15 is 0 Å². The molecule has 0 fully saturated rings. The lowest BCUT2D eigenvalue weighted by atomic mass is 10.4. The Morgan fingerprint density at radius 2 is 1.86 bits per heavy atom. The van der Waals surface area contributed by atoms with E-state index in [1.54, 1.807) is 4.72 Å². The monoisotopic (exact) mass is 224 g/mol. The zero-order valence-corrected chi connectivity index (χ0v) is 8.84. The predicted octanol–water partition coefficient (Wildman–Crippen LogP) is -1.48. The second kappa shape index (κ2) is 4.91. The summed E-state index contributed by atoms with van der Waals surface area (Å²) in [4.78, 5) is 21.2. The maximum absolute atomic E-state index is 11.0. The molecule has 1 amide bonds. The van der Waals surface area contributed by atoms with Gasteiger partial charge < -0.3 is 4.74 Å². The second-order valence-corrected chi connectivity index (χ2v) is 3.97. The van der Waals surface area contributed by atoms with Gasteiger partial charge in [0, 0.05) is 6.92 Å². The molecule has 0 aliphatic rings. The maximum Gasteiger partial charge on any atom is 0.323 e. The van der Waals surface area contributed by atoms with Crippen molar-refractivity contribution in [1.82, 2.24) is 9.44 Å². The molecule has 0 saturated carbocycles. The molecule has 0 aromatic rings. The minimum Gasteiger partial charge on any atom is -0.468 e. The van der Waals surface area contributed by atoms with Gasteiger partial charge in [0.25, 0.3) is 0 Å². The molecular weight excluding hydrogens is 212 g/mol. The Bertz CT molecular complexity index is 323. The van der Waals surface area contributed by atoms with E-state index in [1.165, 1.54) is 6.92 Å². The molecule has 0 radical (unpaired) electrons. The average Bonchev–Trinajstić information content (AvgIpc) is 1.99. The molecule has 8 heteroatoms. The lowest BCUT2D eigenvalue weighted by molar-refractivity contribution is -0.142. The lowest BCUT2D eigenvalue weighted by Crippen LogP contribution is -2.46. The molecular formula is C6H12N2O5S. The Morgan fingerprint density at radius 3 is 2.21 bits per heavy atom. The van der Waals surface area contributed by atoms with Crippen molar-refractivity contribution in [3.05, 3.63) is 0 Å². The fourth-order valence-corrected chi connectivity index (χ4v) is 1.68. The Kier molecular flexibility index (Phi) is 4.51. The molecule has 0 aromatic heterocycles. The summed E-state index contributed by atoms with van der Waals surface area (Å²) in [6, 6.07) is -1.04. The van der Waals surface area contributed by atoms with Crippen LogP contribution in [0.2, 0.25) is 0 Å². The quantitative estimate of drug-likeness (QED) is 0.567. The lowest BCUT2D eigenvalue weighted by Gasteiger charge is -2.11. The fraction of sp³-hybridized carbons (Fsp3) is 0.667. The molecule has 82 valence electrons. The zero-order chi connectivity index (χ0) is 11.4. The molecule has 0 aliphatic heterocycles. The number of nitrogens with one attached hydrogen (secondary N) is 2. The number of hydrogen-bond donors (Lipinski definition) is 2. The summed E-state index contributed by atoms with van der Waals surface area (Å²) >= 11 is 0. The molecule has 1 atom stereocenters. The smallest absolute Gasteiger partial charge is 0.323 e. The highest BCUT2D eigenvalue weighted by atomic mass is 32.2. The van der Waals surface area contributed by atoms with E-state index < -0.39 is 28.1 Å². The molecule has 0 aliphatic carbocycles. The Morgan fingerprint density at radius 1 is 1.36 bits per heavy atom. The third-order valence-corrected chi connectivity index (χ3v) is 2.38. The van der Waals surface area contributed by atoms with Gasteiger partial charge in [-0.3, -0.25) is 9.59 Å². The summed E-state index contributed by atoms with van der Waals surface area (Å²) in [6.45, 7) is 2.34. The van der Waals surface area contributed by atoms with Crippen molar-refractivity contribution in [3.63, 3.8) is 0 Å². The van der Waals surface area contributed by atoms with Gasteiger partial charge in [-0.15, -0.1) is 0 Å². The number of esters is 1. The molecule has 7 nitrogen and oxygen atoms in total. The van der Waals surface area contributed by atoms with Crippen LogP contribution in [0.25, 0.3) is 0 Å². The SMILES string of the molecule is COC(=O)C(C)NS(=O)(=O)NC(C)=O. The van der Waals surface area contributed by atoms with Crippen molar-refractivity contribution < 1.29 is 22.7 Å². The summed E-state index contributed by atoms with van der Waals surface area (Å²) in [5, 5.41) is 0. The van der Waals surface area contributed by atoms with Crippen LogP contribution in [-0.4, -0.2) is 33.4 Å². The number of methoxy groups -OCH3 is 1. The number of ether oxygens (including phenoxy) is 1. The van der Waals surface area contributed by atoms with Crippen LogP contribution in [0.4, 0.5) is 0 Å². The third-order valence-electron chi connectivity index (χ3n) is 1.16. The van der Waals surface area contributed by atoms with Crippen molar-refractivity contribution in [3.8, 4) is 0 Å². The molecule has 14 heavy (non-hydrogen) atoms. The molecule has 0 saturated heterocycles. The molecule has 2 N–H and O–H groups in total. The maximum atomic E-state index is 11.0. The Hall–Kier alpha value is -1.15. The summed E-state index contributed by atoms with van der Waals surface area (Å²) in [7, 11) is -2.86. The molecule has 0 bridgehead atoms. The van der Waals surface area contributed by atoms with Crippen LogP contribution in [-0.2, 0) is 24.5 Å². The molecule has 0 aromatic carbocycles. The number of hydrogen-bond acceptors (Lipinski definition) is 5. The minimum absolute atomic E-state index is 0.737. The number of carbonyl (C=O) groups excluding carboxylic acids is 2. The van der Waals surface area contributed by atoms with Gasteiger partial charge in [0.15, 0.2) is 0 Å². The summed E-state index contributed by atoms with van der Waals surface area (Å²) in [5.41, 5.74) is 0. The van der Waals surface area contributed by atoms with Crippen LogP contribution in [0.3, 0.4) is 0 Å². The van der Waals surface area contributed by atoms with E-state index in [4.69, 9.17) is 0 Å². The van der Waals surface area contributed by atoms with E-state index in [9.17, 15) is 18.0 Å². The van der Waals surface area contributed by atoms with Crippen LogP contribution in [0.5, 0.6) is 0 Å². The minimum atomic E-state index is -3.99. The molecule has 0 rings (SSSR count). The Labute approximate surface area is 82.0 Å². The zero-order valence-electron chi connectivity index (χ0n) is 8.03. The van der Waals surface area contributed by atoms with Crippen LogP contribution >= 0.6 is 0 Å². The van der Waals surface area contributed by atoms with Gasteiger partial charge in [0.05, 0.1) is 7.11 Å². The highest BCUT2D eigenvalue weighted by molar-refractivity contribution is 7.88. The summed E-state index contributed by atoms with van der Waals surface area (Å²) in [6.07, 6.45) is 0. The van der Waals surface area contributed by atoms with Gasteiger partial charge >= 0.3 is 16.2 Å². The van der Waals surface area contributed by atoms with Crippen molar-refractivity contribution in [2.24, 2.45) is 0 Å². The molecule has 0 heterocycles.